The van der Waals surface area contributed by atoms with Crippen molar-refractivity contribution in [2.45, 2.75) is 13.8 Å². The van der Waals surface area contributed by atoms with Gasteiger partial charge in [-0.3, -0.25) is 0 Å². The minimum atomic E-state index is 1.14. The standard InChI is InChI=1S/C10H6Br4S2/c1-3-5(7(11)9(13)15-3)6-4(2)16-10(14)8(6)12/h1-2H3. The van der Waals surface area contributed by atoms with E-state index in [1.807, 2.05) is 0 Å². The number of rotatable bonds is 1. The number of hydrogen-bond acceptors (Lipinski definition) is 2. The van der Waals surface area contributed by atoms with E-state index in [0.717, 1.165) is 16.5 Å². The first-order valence-corrected chi connectivity index (χ1v) is 9.13. The molecule has 0 aliphatic rings. The first kappa shape index (κ1) is 13.7. The second kappa shape index (κ2) is 5.13. The quantitative estimate of drug-likeness (QED) is 0.383. The third-order valence-corrected chi connectivity index (χ3v) is 8.95. The Morgan fingerprint density at radius 3 is 1.19 bits per heavy atom. The van der Waals surface area contributed by atoms with Crippen LogP contribution in [0.5, 0.6) is 0 Å². The van der Waals surface area contributed by atoms with Gasteiger partial charge < -0.3 is 0 Å². The lowest BCUT2D eigenvalue weighted by Crippen LogP contribution is -1.79. The molecule has 0 saturated heterocycles. The molecule has 0 atom stereocenters. The highest BCUT2D eigenvalue weighted by Crippen LogP contribution is 2.50. The molecule has 0 N–H and O–H groups in total. The zero-order valence-electron chi connectivity index (χ0n) is 8.33. The summed E-state index contributed by atoms with van der Waals surface area (Å²) >= 11 is 17.9. The van der Waals surface area contributed by atoms with Gasteiger partial charge in [0.15, 0.2) is 0 Å². The molecule has 0 radical (unpaired) electrons. The molecule has 0 aromatic carbocycles. The molecule has 0 spiro atoms. The predicted octanol–water partition coefficient (Wildman–Crippen LogP) is 7.14. The molecule has 2 aromatic rings. The molecule has 0 aliphatic heterocycles. The van der Waals surface area contributed by atoms with Gasteiger partial charge in [0.2, 0.25) is 0 Å². The summed E-state index contributed by atoms with van der Waals surface area (Å²) < 4.78 is 4.58. The molecule has 16 heavy (non-hydrogen) atoms. The number of halogens is 4. The van der Waals surface area contributed by atoms with E-state index in [2.05, 4.69) is 77.6 Å². The molecule has 0 unspecified atom stereocenters. The molecule has 6 heteroatoms. The molecular weight excluding hydrogens is 504 g/mol. The molecule has 86 valence electrons. The second-order valence-electron chi connectivity index (χ2n) is 3.24. The number of hydrogen-bond donors (Lipinski definition) is 0. The van der Waals surface area contributed by atoms with E-state index in [1.165, 1.54) is 20.9 Å². The number of thiophene rings is 2. The van der Waals surface area contributed by atoms with Gasteiger partial charge in [0, 0.05) is 20.9 Å². The largest absolute Gasteiger partial charge is 0.132 e. The predicted molar refractivity (Wildman–Crippen MR) is 87.9 cm³/mol. The zero-order valence-corrected chi connectivity index (χ0v) is 16.3. The van der Waals surface area contributed by atoms with E-state index in [0.29, 0.717) is 0 Å². The Morgan fingerprint density at radius 1 is 0.688 bits per heavy atom. The normalized spacial score (nSPS) is 11.1. The van der Waals surface area contributed by atoms with Crippen LogP contribution in [0, 0.1) is 13.8 Å². The fraction of sp³-hybridized carbons (Fsp3) is 0.200. The lowest BCUT2D eigenvalue weighted by molar-refractivity contribution is 1.52. The van der Waals surface area contributed by atoms with Crippen molar-refractivity contribution >= 4 is 86.4 Å². The van der Waals surface area contributed by atoms with Crippen molar-refractivity contribution in [3.63, 3.8) is 0 Å². The third kappa shape index (κ3) is 2.26. The first-order chi connectivity index (χ1) is 7.43. The maximum atomic E-state index is 3.65. The van der Waals surface area contributed by atoms with Gasteiger partial charge >= 0.3 is 0 Å². The van der Waals surface area contributed by atoms with E-state index in [4.69, 9.17) is 0 Å². The Bertz CT molecular complexity index is 503. The van der Waals surface area contributed by atoms with Crippen LogP contribution in [-0.4, -0.2) is 0 Å². The van der Waals surface area contributed by atoms with E-state index >= 15 is 0 Å². The highest BCUT2D eigenvalue weighted by Gasteiger charge is 2.21. The van der Waals surface area contributed by atoms with Gasteiger partial charge in [-0.25, -0.2) is 0 Å². The molecule has 0 aliphatic carbocycles. The van der Waals surface area contributed by atoms with Crippen molar-refractivity contribution in [3.8, 4) is 11.1 Å². The van der Waals surface area contributed by atoms with E-state index in [-0.39, 0.29) is 0 Å². The SMILES string of the molecule is Cc1sc(Br)c(Br)c1-c1c(C)sc(Br)c1Br. The smallest absolute Gasteiger partial charge is 0.0849 e. The van der Waals surface area contributed by atoms with Crippen LogP contribution < -0.4 is 0 Å². The van der Waals surface area contributed by atoms with Crippen LogP contribution in [0.15, 0.2) is 16.5 Å². The van der Waals surface area contributed by atoms with Crippen molar-refractivity contribution in [1.82, 2.24) is 0 Å². The lowest BCUT2D eigenvalue weighted by atomic mass is 10.1. The zero-order chi connectivity index (χ0) is 12.0. The van der Waals surface area contributed by atoms with Crippen LogP contribution in [-0.2, 0) is 0 Å². The van der Waals surface area contributed by atoms with Crippen molar-refractivity contribution < 1.29 is 0 Å². The maximum absolute atomic E-state index is 3.65. The highest BCUT2D eigenvalue weighted by atomic mass is 79.9. The Balaban J connectivity index is 2.76. The summed E-state index contributed by atoms with van der Waals surface area (Å²) in [5.74, 6) is 0. The molecule has 0 nitrogen and oxygen atoms in total. The van der Waals surface area contributed by atoms with Crippen LogP contribution in [0.1, 0.15) is 9.75 Å². The summed E-state index contributed by atoms with van der Waals surface area (Å²) in [5, 5.41) is 0. The van der Waals surface area contributed by atoms with E-state index < -0.39 is 0 Å². The summed E-state index contributed by atoms with van der Waals surface area (Å²) in [6.45, 7) is 4.29. The Morgan fingerprint density at radius 2 is 1.00 bits per heavy atom. The van der Waals surface area contributed by atoms with Crippen molar-refractivity contribution in [2.24, 2.45) is 0 Å². The highest BCUT2D eigenvalue weighted by molar-refractivity contribution is 9.14. The molecule has 0 bridgehead atoms. The van der Waals surface area contributed by atoms with Crippen LogP contribution >= 0.6 is 86.4 Å². The average Bonchev–Trinajstić information content (AvgIpc) is 2.57. The number of aryl methyl sites for hydroxylation is 2. The van der Waals surface area contributed by atoms with E-state index in [1.54, 1.807) is 22.7 Å². The summed E-state index contributed by atoms with van der Waals surface area (Å²) in [7, 11) is 0. The van der Waals surface area contributed by atoms with Crippen molar-refractivity contribution in [2.75, 3.05) is 0 Å². The Labute approximate surface area is 136 Å². The van der Waals surface area contributed by atoms with Gasteiger partial charge in [-0.05, 0) is 77.6 Å². The molecule has 2 rings (SSSR count). The van der Waals surface area contributed by atoms with Crippen molar-refractivity contribution in [1.29, 1.82) is 0 Å². The van der Waals surface area contributed by atoms with Gasteiger partial charge in [0.25, 0.3) is 0 Å². The van der Waals surface area contributed by atoms with Gasteiger partial charge in [-0.1, -0.05) is 0 Å². The molecule has 2 heterocycles. The molecule has 0 amide bonds. The van der Waals surface area contributed by atoms with E-state index in [9.17, 15) is 0 Å². The Hall–Kier alpha value is 1.32. The second-order valence-corrected chi connectivity index (χ2v) is 9.91. The summed E-state index contributed by atoms with van der Waals surface area (Å²) in [6, 6.07) is 0. The van der Waals surface area contributed by atoms with Gasteiger partial charge in [0.05, 0.1) is 16.5 Å². The fourth-order valence-corrected chi connectivity index (χ4v) is 6.66. The van der Waals surface area contributed by atoms with Crippen molar-refractivity contribution in [3.05, 3.63) is 26.3 Å². The summed E-state index contributed by atoms with van der Waals surface area (Å²) in [4.78, 5) is 2.63. The molecule has 0 saturated carbocycles. The average molecular weight is 510 g/mol. The van der Waals surface area contributed by atoms with Crippen LogP contribution in [0.2, 0.25) is 0 Å². The minimum absolute atomic E-state index is 1.14. The van der Waals surface area contributed by atoms with Gasteiger partial charge in [-0.2, -0.15) is 0 Å². The fourth-order valence-electron chi connectivity index (χ4n) is 1.54. The third-order valence-electron chi connectivity index (χ3n) is 2.22. The maximum Gasteiger partial charge on any atom is 0.0849 e. The Kier molecular flexibility index (Phi) is 4.41. The van der Waals surface area contributed by atoms with Crippen LogP contribution in [0.25, 0.3) is 11.1 Å². The summed E-state index contributed by atoms with van der Waals surface area (Å²) in [6.07, 6.45) is 0. The monoisotopic (exact) mass is 506 g/mol. The van der Waals surface area contributed by atoms with Gasteiger partial charge in [-0.15, -0.1) is 22.7 Å². The molecule has 0 fully saturated rings. The minimum Gasteiger partial charge on any atom is -0.132 e. The van der Waals surface area contributed by atoms with Gasteiger partial charge in [0.1, 0.15) is 0 Å². The van der Waals surface area contributed by atoms with Crippen LogP contribution in [0.3, 0.4) is 0 Å². The lowest BCUT2D eigenvalue weighted by Gasteiger charge is -2.02. The molecular formula is C10H6Br4S2. The summed E-state index contributed by atoms with van der Waals surface area (Å²) in [5.41, 5.74) is 2.56. The van der Waals surface area contributed by atoms with Crippen LogP contribution in [0.4, 0.5) is 0 Å². The first-order valence-electron chi connectivity index (χ1n) is 4.32. The molecule has 2 aromatic heterocycles. The topological polar surface area (TPSA) is 0 Å².